The third-order valence-electron chi connectivity index (χ3n) is 4.65. The van der Waals surface area contributed by atoms with Gasteiger partial charge in [-0.3, -0.25) is 9.36 Å². The zero-order valence-corrected chi connectivity index (χ0v) is 17.5. The fraction of sp³-hybridized carbons (Fsp3) is 0.143. The van der Waals surface area contributed by atoms with Crippen LogP contribution in [0.5, 0.6) is 0 Å². The van der Waals surface area contributed by atoms with Crippen LogP contribution in [0.1, 0.15) is 16.8 Å². The van der Waals surface area contributed by atoms with Crippen LogP contribution in [-0.4, -0.2) is 26.2 Å². The van der Waals surface area contributed by atoms with Gasteiger partial charge >= 0.3 is 0 Å². The number of hydrogen-bond donors (Lipinski definition) is 1. The van der Waals surface area contributed by atoms with Crippen LogP contribution < -0.4 is 5.32 Å². The number of carbonyl (C=O) groups excluding carboxylic acids is 1. The number of nitriles is 1. The van der Waals surface area contributed by atoms with Crippen LogP contribution in [-0.2, 0) is 4.79 Å². The highest BCUT2D eigenvalue weighted by molar-refractivity contribution is 8.00. The summed E-state index contributed by atoms with van der Waals surface area (Å²) >= 11 is 2.92. The largest absolute Gasteiger partial charge is 0.310 e. The van der Waals surface area contributed by atoms with Crippen molar-refractivity contribution in [2.45, 2.75) is 18.9 Å². The number of nitrogens with one attached hydrogen (secondary N) is 1. The van der Waals surface area contributed by atoms with Crippen molar-refractivity contribution >= 4 is 45.0 Å². The van der Waals surface area contributed by atoms with Crippen LogP contribution in [0, 0.1) is 25.2 Å². The summed E-state index contributed by atoms with van der Waals surface area (Å²) in [7, 11) is 0. The summed E-state index contributed by atoms with van der Waals surface area (Å²) in [6.07, 6.45) is 1.51. The van der Waals surface area contributed by atoms with Gasteiger partial charge in [-0.25, -0.2) is 9.97 Å². The Bertz CT molecular complexity index is 1240. The van der Waals surface area contributed by atoms with E-state index < -0.39 is 0 Å². The molecule has 1 amide bonds. The highest BCUT2D eigenvalue weighted by Crippen LogP contribution is 2.31. The Morgan fingerprint density at radius 3 is 2.79 bits per heavy atom. The van der Waals surface area contributed by atoms with E-state index in [0.717, 1.165) is 32.2 Å². The van der Waals surface area contributed by atoms with Gasteiger partial charge in [-0.2, -0.15) is 5.26 Å². The summed E-state index contributed by atoms with van der Waals surface area (Å²) in [6.45, 7) is 3.84. The molecule has 0 saturated carbocycles. The molecule has 29 heavy (non-hydrogen) atoms. The van der Waals surface area contributed by atoms with Crippen molar-refractivity contribution in [1.29, 1.82) is 5.26 Å². The van der Waals surface area contributed by atoms with E-state index >= 15 is 0 Å². The fourth-order valence-corrected chi connectivity index (χ4v) is 4.88. The molecule has 0 fully saturated rings. The Balaban J connectivity index is 1.60. The first-order valence-corrected chi connectivity index (χ1v) is 10.7. The van der Waals surface area contributed by atoms with Gasteiger partial charge in [0, 0.05) is 11.4 Å². The van der Waals surface area contributed by atoms with Gasteiger partial charge in [-0.1, -0.05) is 30.0 Å². The minimum Gasteiger partial charge on any atom is -0.310 e. The van der Waals surface area contributed by atoms with Gasteiger partial charge in [0.2, 0.25) is 5.91 Å². The van der Waals surface area contributed by atoms with Gasteiger partial charge in [-0.15, -0.1) is 11.3 Å². The Morgan fingerprint density at radius 2 is 2.03 bits per heavy atom. The fourth-order valence-electron chi connectivity index (χ4n) is 3.13. The molecule has 0 atom stereocenters. The van der Waals surface area contributed by atoms with Crippen LogP contribution in [0.4, 0.5) is 5.82 Å². The maximum Gasteiger partial charge on any atom is 0.235 e. The maximum atomic E-state index is 12.7. The van der Waals surface area contributed by atoms with Crippen LogP contribution in [0.25, 0.3) is 15.9 Å². The normalized spacial score (nSPS) is 10.8. The zero-order valence-electron chi connectivity index (χ0n) is 15.8. The van der Waals surface area contributed by atoms with E-state index in [0.29, 0.717) is 11.4 Å². The monoisotopic (exact) mass is 419 g/mol. The molecule has 6 nitrogen and oxygen atoms in total. The van der Waals surface area contributed by atoms with Crippen LogP contribution in [0.3, 0.4) is 0 Å². The van der Waals surface area contributed by atoms with Crippen molar-refractivity contribution in [2.24, 2.45) is 0 Å². The molecule has 0 saturated heterocycles. The summed E-state index contributed by atoms with van der Waals surface area (Å²) in [5.41, 5.74) is 4.03. The second-order valence-corrected chi connectivity index (χ2v) is 8.25. The lowest BCUT2D eigenvalue weighted by Gasteiger charge is -2.13. The van der Waals surface area contributed by atoms with Crippen molar-refractivity contribution < 1.29 is 4.79 Å². The van der Waals surface area contributed by atoms with Crippen LogP contribution >= 0.6 is 23.1 Å². The predicted octanol–water partition coefficient (Wildman–Crippen LogP) is 4.70. The molecule has 0 spiro atoms. The number of rotatable bonds is 5. The summed E-state index contributed by atoms with van der Waals surface area (Å²) < 4.78 is 2.89. The first kappa shape index (κ1) is 19.2. The zero-order chi connectivity index (χ0) is 20.4. The molecule has 0 aliphatic heterocycles. The Labute approximate surface area is 176 Å². The van der Waals surface area contributed by atoms with Crippen molar-refractivity contribution in [2.75, 3.05) is 11.1 Å². The number of benzene rings is 1. The smallest absolute Gasteiger partial charge is 0.235 e. The molecule has 0 bridgehead atoms. The number of fused-ring (bicyclic) bond motifs is 1. The number of thioether (sulfide) groups is 1. The van der Waals surface area contributed by atoms with E-state index in [2.05, 4.69) is 21.4 Å². The molecule has 4 aromatic rings. The second kappa shape index (κ2) is 8.07. The number of amides is 1. The summed E-state index contributed by atoms with van der Waals surface area (Å²) in [4.78, 5) is 21.3. The maximum absolute atomic E-state index is 12.7. The molecule has 3 heterocycles. The van der Waals surface area contributed by atoms with Gasteiger partial charge in [0.25, 0.3) is 0 Å². The molecular weight excluding hydrogens is 402 g/mol. The average molecular weight is 420 g/mol. The molecule has 144 valence electrons. The number of thiophene rings is 1. The van der Waals surface area contributed by atoms with Crippen molar-refractivity contribution in [1.82, 2.24) is 14.5 Å². The summed E-state index contributed by atoms with van der Waals surface area (Å²) in [6, 6.07) is 13.9. The van der Waals surface area contributed by atoms with E-state index in [1.165, 1.54) is 18.1 Å². The lowest BCUT2D eigenvalue weighted by Crippen LogP contribution is -2.17. The minimum atomic E-state index is -0.190. The molecule has 0 unspecified atom stereocenters. The lowest BCUT2D eigenvalue weighted by molar-refractivity contribution is -0.113. The molecule has 1 N–H and O–H groups in total. The van der Waals surface area contributed by atoms with Crippen molar-refractivity contribution in [3.8, 4) is 11.8 Å². The van der Waals surface area contributed by atoms with E-state index in [1.54, 1.807) is 11.3 Å². The molecule has 0 radical (unpaired) electrons. The molecule has 4 rings (SSSR count). The highest BCUT2D eigenvalue weighted by Gasteiger charge is 2.21. The van der Waals surface area contributed by atoms with Crippen LogP contribution in [0.15, 0.2) is 53.1 Å². The Hall–Kier alpha value is -3.15. The highest BCUT2D eigenvalue weighted by atomic mass is 32.2. The number of hydrogen-bond acceptors (Lipinski definition) is 6. The third kappa shape index (κ3) is 3.62. The predicted molar refractivity (Wildman–Crippen MR) is 117 cm³/mol. The number of anilines is 1. The van der Waals surface area contributed by atoms with Gasteiger partial charge in [0.1, 0.15) is 23.2 Å². The lowest BCUT2D eigenvalue weighted by atomic mass is 10.2. The standard InChI is InChI=1S/C21H17N5OS2/c1-13-14(2)26(15-6-4-3-5-7-15)20(16(13)10-22)25-18(27)11-29-21-19-17(8-9-28-19)23-12-24-21/h3-9,12H,11H2,1-2H3,(H,25,27). The van der Waals surface area contributed by atoms with Crippen molar-refractivity contribution in [3.05, 3.63) is 64.9 Å². The first-order chi connectivity index (χ1) is 14.1. The molecular formula is C21H17N5OS2. The number of carbonyl (C=O) groups is 1. The Morgan fingerprint density at radius 1 is 1.24 bits per heavy atom. The molecule has 0 aliphatic rings. The van der Waals surface area contributed by atoms with Gasteiger partial charge in [-0.05, 0) is 43.0 Å². The molecule has 0 aliphatic carbocycles. The topological polar surface area (TPSA) is 83.6 Å². The molecule has 8 heteroatoms. The molecule has 1 aromatic carbocycles. The third-order valence-corrected chi connectivity index (χ3v) is 6.68. The van der Waals surface area contributed by atoms with Crippen LogP contribution in [0.2, 0.25) is 0 Å². The van der Waals surface area contributed by atoms with E-state index in [4.69, 9.17) is 0 Å². The minimum absolute atomic E-state index is 0.187. The first-order valence-electron chi connectivity index (χ1n) is 8.88. The van der Waals surface area contributed by atoms with Gasteiger partial charge in [0.15, 0.2) is 0 Å². The quantitative estimate of drug-likeness (QED) is 0.374. The molecule has 3 aromatic heterocycles. The van der Waals surface area contributed by atoms with E-state index in [9.17, 15) is 10.1 Å². The number of para-hydroxylation sites is 1. The summed E-state index contributed by atoms with van der Waals surface area (Å²) in [5.74, 6) is 0.500. The van der Waals surface area contributed by atoms with Crippen molar-refractivity contribution in [3.63, 3.8) is 0 Å². The van der Waals surface area contributed by atoms with E-state index in [-0.39, 0.29) is 11.7 Å². The second-order valence-electron chi connectivity index (χ2n) is 6.37. The number of aromatic nitrogens is 3. The average Bonchev–Trinajstić information content (AvgIpc) is 3.30. The van der Waals surface area contributed by atoms with Gasteiger partial charge in [0.05, 0.1) is 21.5 Å². The number of nitrogens with zero attached hydrogens (tertiary/aromatic N) is 4. The Kier molecular flexibility index (Phi) is 5.34. The van der Waals surface area contributed by atoms with E-state index in [1.807, 2.05) is 60.2 Å². The summed E-state index contributed by atoms with van der Waals surface area (Å²) in [5, 5.41) is 15.4. The van der Waals surface area contributed by atoms with Gasteiger partial charge < -0.3 is 5.32 Å². The SMILES string of the molecule is Cc1c(C#N)c(NC(=O)CSc2ncnc3ccsc23)n(-c2ccccc2)c1C.